The number of nitrogen functional groups attached to an aromatic ring is 1. The lowest BCUT2D eigenvalue weighted by atomic mass is 10.2. The van der Waals surface area contributed by atoms with Crippen molar-refractivity contribution in [3.05, 3.63) is 46.4 Å². The molecule has 2 rings (SSSR count). The Morgan fingerprint density at radius 3 is 2.48 bits per heavy atom. The van der Waals surface area contributed by atoms with E-state index in [0.717, 1.165) is 10.2 Å². The topological polar surface area (TPSA) is 73.9 Å². The van der Waals surface area contributed by atoms with Crippen LogP contribution in [0, 0.1) is 0 Å². The van der Waals surface area contributed by atoms with Crippen LogP contribution in [0.2, 0.25) is 0 Å². The number of esters is 1. The number of nitrogens with two attached hydrogens (primary N) is 1. The van der Waals surface area contributed by atoms with Gasteiger partial charge in [-0.25, -0.2) is 4.99 Å². The quantitative estimate of drug-likeness (QED) is 0.329. The van der Waals surface area contributed by atoms with E-state index in [2.05, 4.69) is 36.9 Å². The van der Waals surface area contributed by atoms with E-state index < -0.39 is 5.97 Å². The van der Waals surface area contributed by atoms with E-state index in [0.29, 0.717) is 27.3 Å². The predicted molar refractivity (Wildman–Crippen MR) is 98.0 cm³/mol. The average molecular weight is 442 g/mol. The van der Waals surface area contributed by atoms with Gasteiger partial charge in [0, 0.05) is 22.6 Å². The number of methoxy groups -OCH3 is 1. The summed E-state index contributed by atoms with van der Waals surface area (Å²) in [6.45, 7) is 1.34. The second-order valence-electron chi connectivity index (χ2n) is 4.56. The lowest BCUT2D eigenvalue weighted by Gasteiger charge is -2.08. The molecule has 0 aliphatic carbocycles. The molecule has 0 spiro atoms. The van der Waals surface area contributed by atoms with Gasteiger partial charge in [0.25, 0.3) is 0 Å². The highest BCUT2D eigenvalue weighted by molar-refractivity contribution is 9.18. The Morgan fingerprint density at radius 1 is 1.17 bits per heavy atom. The van der Waals surface area contributed by atoms with E-state index in [1.165, 1.54) is 6.92 Å². The molecule has 120 valence electrons. The van der Waals surface area contributed by atoms with Crippen LogP contribution in [0.25, 0.3) is 0 Å². The van der Waals surface area contributed by atoms with Gasteiger partial charge in [0.2, 0.25) is 0 Å². The highest BCUT2D eigenvalue weighted by Crippen LogP contribution is 2.32. The fourth-order valence-corrected chi connectivity index (χ4v) is 2.80. The lowest BCUT2D eigenvalue weighted by Crippen LogP contribution is -2.04. The number of carbonyl (C=O) groups excluding carboxylic acids is 1. The maximum Gasteiger partial charge on any atom is 0.308 e. The highest BCUT2D eigenvalue weighted by atomic mass is 79.9. The van der Waals surface area contributed by atoms with Crippen LogP contribution >= 0.6 is 31.9 Å². The first-order valence-corrected chi connectivity index (χ1v) is 8.15. The molecule has 0 saturated heterocycles. The van der Waals surface area contributed by atoms with Crippen molar-refractivity contribution in [2.75, 3.05) is 12.8 Å². The third-order valence-electron chi connectivity index (χ3n) is 2.88. The number of carbonyl (C=O) groups is 1. The Labute approximate surface area is 150 Å². The summed E-state index contributed by atoms with van der Waals surface area (Å²) in [5, 5.41) is 0. The third kappa shape index (κ3) is 4.56. The SMILES string of the molecule is COc1ccc(N=C(Br)c2cc(OC(C)=O)ccc2N)c(Br)c1. The molecule has 0 heterocycles. The smallest absolute Gasteiger partial charge is 0.308 e. The van der Waals surface area contributed by atoms with Gasteiger partial charge < -0.3 is 15.2 Å². The van der Waals surface area contributed by atoms with E-state index in [1.807, 2.05) is 18.2 Å². The van der Waals surface area contributed by atoms with Crippen molar-refractivity contribution in [2.24, 2.45) is 4.99 Å². The highest BCUT2D eigenvalue weighted by Gasteiger charge is 2.10. The Morgan fingerprint density at radius 2 is 1.87 bits per heavy atom. The fourth-order valence-electron chi connectivity index (χ4n) is 1.81. The first kappa shape index (κ1) is 17.5. The van der Waals surface area contributed by atoms with Gasteiger partial charge in [-0.05, 0) is 68.3 Å². The number of hydrogen-bond donors (Lipinski definition) is 1. The summed E-state index contributed by atoms with van der Waals surface area (Å²) in [5.41, 5.74) is 7.83. The summed E-state index contributed by atoms with van der Waals surface area (Å²) < 4.78 is 11.5. The molecule has 23 heavy (non-hydrogen) atoms. The molecule has 5 nitrogen and oxygen atoms in total. The average Bonchev–Trinajstić information content (AvgIpc) is 2.50. The van der Waals surface area contributed by atoms with Gasteiger partial charge in [0.15, 0.2) is 0 Å². The summed E-state index contributed by atoms with van der Waals surface area (Å²) in [6.07, 6.45) is 0. The van der Waals surface area contributed by atoms with Gasteiger partial charge in [0.05, 0.1) is 12.8 Å². The second kappa shape index (κ2) is 7.61. The van der Waals surface area contributed by atoms with E-state index >= 15 is 0 Å². The number of hydrogen-bond acceptors (Lipinski definition) is 5. The van der Waals surface area contributed by atoms with Gasteiger partial charge in [-0.3, -0.25) is 4.79 Å². The van der Waals surface area contributed by atoms with Crippen LogP contribution in [-0.4, -0.2) is 17.7 Å². The summed E-state index contributed by atoms with van der Waals surface area (Å²) in [6, 6.07) is 10.4. The minimum atomic E-state index is -0.397. The number of benzene rings is 2. The number of rotatable bonds is 4. The predicted octanol–water partition coefficient (Wildman–Crippen LogP) is 4.44. The zero-order chi connectivity index (χ0) is 17.0. The molecule has 0 aliphatic rings. The molecule has 2 aromatic rings. The van der Waals surface area contributed by atoms with E-state index in [4.69, 9.17) is 15.2 Å². The van der Waals surface area contributed by atoms with E-state index in [9.17, 15) is 4.79 Å². The number of halogens is 2. The van der Waals surface area contributed by atoms with Crippen molar-refractivity contribution < 1.29 is 14.3 Å². The molecule has 0 aliphatic heterocycles. The van der Waals surface area contributed by atoms with Crippen molar-refractivity contribution in [2.45, 2.75) is 6.92 Å². The van der Waals surface area contributed by atoms with Crippen molar-refractivity contribution in [3.63, 3.8) is 0 Å². The van der Waals surface area contributed by atoms with Crippen LogP contribution in [0.15, 0.2) is 45.9 Å². The number of nitrogens with zero attached hydrogens (tertiary/aromatic N) is 1. The monoisotopic (exact) mass is 440 g/mol. The molecule has 0 unspecified atom stereocenters. The molecule has 0 saturated carbocycles. The Bertz CT molecular complexity index is 776. The third-order valence-corrected chi connectivity index (χ3v) is 4.12. The Kier molecular flexibility index (Phi) is 5.79. The summed E-state index contributed by atoms with van der Waals surface area (Å²) in [7, 11) is 1.60. The normalized spacial score (nSPS) is 11.2. The summed E-state index contributed by atoms with van der Waals surface area (Å²) in [5.74, 6) is 0.734. The van der Waals surface area contributed by atoms with Gasteiger partial charge in [0.1, 0.15) is 16.1 Å². The molecule has 0 radical (unpaired) electrons. The molecule has 2 N–H and O–H groups in total. The van der Waals surface area contributed by atoms with Crippen molar-refractivity contribution in [3.8, 4) is 11.5 Å². The van der Waals surface area contributed by atoms with Crippen LogP contribution in [-0.2, 0) is 4.79 Å². The molecule has 0 aromatic heterocycles. The van der Waals surface area contributed by atoms with Crippen LogP contribution in [0.3, 0.4) is 0 Å². The molecule has 0 atom stereocenters. The van der Waals surface area contributed by atoms with Crippen molar-refractivity contribution in [1.29, 1.82) is 0 Å². The molecule has 0 fully saturated rings. The molecular weight excluding hydrogens is 428 g/mol. The Hall–Kier alpha value is -1.86. The van der Waals surface area contributed by atoms with Crippen LogP contribution in [0.5, 0.6) is 11.5 Å². The maximum absolute atomic E-state index is 11.1. The molecule has 0 bridgehead atoms. The lowest BCUT2D eigenvalue weighted by molar-refractivity contribution is -0.131. The zero-order valence-electron chi connectivity index (χ0n) is 12.5. The molecule has 7 heteroatoms. The molecule has 2 aromatic carbocycles. The van der Waals surface area contributed by atoms with Crippen molar-refractivity contribution >= 4 is 53.8 Å². The van der Waals surface area contributed by atoms with E-state index in [1.54, 1.807) is 25.3 Å². The summed E-state index contributed by atoms with van der Waals surface area (Å²) in [4.78, 5) is 15.6. The van der Waals surface area contributed by atoms with Crippen LogP contribution in [0.1, 0.15) is 12.5 Å². The largest absolute Gasteiger partial charge is 0.497 e. The van der Waals surface area contributed by atoms with Gasteiger partial charge in [-0.2, -0.15) is 0 Å². The van der Waals surface area contributed by atoms with E-state index in [-0.39, 0.29) is 0 Å². The van der Waals surface area contributed by atoms with Gasteiger partial charge in [-0.1, -0.05) is 0 Å². The number of aliphatic imine (C=N–C) groups is 1. The fraction of sp³-hybridized carbons (Fsp3) is 0.125. The zero-order valence-corrected chi connectivity index (χ0v) is 15.6. The first-order chi connectivity index (χ1) is 10.9. The minimum absolute atomic E-state index is 0.397. The molecular formula is C16H14Br2N2O3. The molecule has 0 amide bonds. The van der Waals surface area contributed by atoms with Crippen LogP contribution < -0.4 is 15.2 Å². The van der Waals surface area contributed by atoms with Gasteiger partial charge >= 0.3 is 5.97 Å². The standard InChI is InChI=1S/C16H14Br2N2O3/c1-9(21)23-11-3-5-14(19)12(7-11)16(18)20-15-6-4-10(22-2)8-13(15)17/h3-8H,19H2,1-2H3. The number of anilines is 1. The second-order valence-corrected chi connectivity index (χ2v) is 6.17. The van der Waals surface area contributed by atoms with Crippen LogP contribution in [0.4, 0.5) is 11.4 Å². The summed E-state index contributed by atoms with van der Waals surface area (Å²) >= 11 is 6.87. The Balaban J connectivity index is 2.39. The number of ether oxygens (including phenoxy) is 2. The van der Waals surface area contributed by atoms with Gasteiger partial charge in [-0.15, -0.1) is 0 Å². The minimum Gasteiger partial charge on any atom is -0.497 e. The van der Waals surface area contributed by atoms with Crippen molar-refractivity contribution in [1.82, 2.24) is 0 Å². The maximum atomic E-state index is 11.1. The first-order valence-electron chi connectivity index (χ1n) is 6.56.